The number of aromatic nitrogens is 5. The molecule has 0 fully saturated rings. The number of fused-ring (bicyclic) bond motifs is 3. The second-order valence-electron chi connectivity index (χ2n) is 33.1. The summed E-state index contributed by atoms with van der Waals surface area (Å²) in [7, 11) is 4.94. The van der Waals surface area contributed by atoms with Crippen LogP contribution in [0.5, 0.6) is 17.4 Å². The number of ether oxygens (including phenoxy) is 3. The number of aryl methyl sites for hydroxylation is 2. The van der Waals surface area contributed by atoms with Crippen LogP contribution in [0.2, 0.25) is 0 Å². The molecular formula is C87H118N6O5S. The quantitative estimate of drug-likeness (QED) is 0.168. The van der Waals surface area contributed by atoms with E-state index in [4.69, 9.17) is 28.3 Å². The van der Waals surface area contributed by atoms with E-state index in [2.05, 4.69) is 289 Å². The Kier molecular flexibility index (Phi) is 29.7. The van der Waals surface area contributed by atoms with Gasteiger partial charge in [-0.15, -0.1) is 11.3 Å². The number of nitrogens with zero attached hydrogens (tertiary/aromatic N) is 6. The predicted octanol–water partition coefficient (Wildman–Crippen LogP) is 24.2. The highest BCUT2D eigenvalue weighted by Crippen LogP contribution is 2.36. The van der Waals surface area contributed by atoms with Crippen LogP contribution in [0.4, 0.5) is 0 Å². The van der Waals surface area contributed by atoms with E-state index in [1.807, 2.05) is 84.9 Å². The molecule has 0 saturated heterocycles. The fourth-order valence-electron chi connectivity index (χ4n) is 9.72. The van der Waals surface area contributed by atoms with Crippen molar-refractivity contribution < 1.29 is 23.0 Å². The molecule has 3 aromatic carbocycles. The van der Waals surface area contributed by atoms with E-state index in [9.17, 15) is 0 Å². The number of nitriles is 1. The molecule has 0 aliphatic carbocycles. The molecule has 8 aromatic heterocycles. The second-order valence-corrected chi connectivity index (χ2v) is 34.0. The highest BCUT2D eigenvalue weighted by molar-refractivity contribution is 7.17. The van der Waals surface area contributed by atoms with Crippen molar-refractivity contribution >= 4 is 43.4 Å². The maximum absolute atomic E-state index is 8.64. The first-order valence-corrected chi connectivity index (χ1v) is 35.2. The fourth-order valence-corrected chi connectivity index (χ4v) is 10.9. The molecule has 0 bridgehead atoms. The molecule has 0 amide bonds. The highest BCUT2D eigenvalue weighted by Gasteiger charge is 2.23. The van der Waals surface area contributed by atoms with Crippen LogP contribution in [-0.2, 0) is 49.9 Å². The first-order valence-electron chi connectivity index (χ1n) is 34.3. The smallest absolute Gasteiger partial charge is 0.212 e. The number of furan rings is 2. The maximum atomic E-state index is 8.64. The standard InChI is InChI=1S/C13H16O2.C12H14S.C11H13NO.C11H16.C10H12N2.2C10H15NO.C10H17N/c1-13(2,3)11-8-15-12-7-9(14-4)5-6-10(11)12;1-12(2,3)10-8-13-11-7-5-4-6-9(10)11;1-11(2,3)9-7-13-10-4-5-12-6-8(9)10;1-9-6-5-7-10(8-9)11(2,3)4;1-10(2,3)9-4-8(5-11)6-12-7-9;1-10(2,3)8-5-9(12-4)7-11-6-8;1-10(2,3)8-5-6-9(12-4)11-7-8;1-5-11-7-6-9(8-11)10(2,3)4/h5-8H,1-4H3;4-8H,1-3H3;4-7H,1-3H3;5-8H,1-4H3;4,6-7H,1-3H3;2*5-7H,1-4H3;6-8H,5H2,1-4H3. The molecule has 532 valence electrons. The van der Waals surface area contributed by atoms with Crippen molar-refractivity contribution in [2.24, 2.45) is 0 Å². The van der Waals surface area contributed by atoms with Gasteiger partial charge in [0.1, 0.15) is 28.7 Å². The van der Waals surface area contributed by atoms with Crippen molar-refractivity contribution in [1.82, 2.24) is 24.5 Å². The van der Waals surface area contributed by atoms with Crippen LogP contribution in [0.1, 0.15) is 229 Å². The molecule has 0 spiro atoms. The number of rotatable bonds is 4. The van der Waals surface area contributed by atoms with Gasteiger partial charge < -0.3 is 27.6 Å². The zero-order valence-electron chi connectivity index (χ0n) is 65.6. The maximum Gasteiger partial charge on any atom is 0.212 e. The van der Waals surface area contributed by atoms with Crippen molar-refractivity contribution in [2.45, 2.75) is 230 Å². The van der Waals surface area contributed by atoms with Gasteiger partial charge >= 0.3 is 0 Å². The van der Waals surface area contributed by atoms with E-state index in [1.165, 1.54) is 60.0 Å². The average molecular weight is 1360 g/mol. The third kappa shape index (κ3) is 26.6. The van der Waals surface area contributed by atoms with Crippen LogP contribution >= 0.6 is 11.3 Å². The number of benzene rings is 3. The summed E-state index contributed by atoms with van der Waals surface area (Å²) in [5.74, 6) is 2.32. The number of hydrogen-bond donors (Lipinski definition) is 0. The third-order valence-electron chi connectivity index (χ3n) is 16.3. The Morgan fingerprint density at radius 3 is 1.48 bits per heavy atom. The number of methoxy groups -OCH3 is 3. The minimum absolute atomic E-state index is 0.0693. The van der Waals surface area contributed by atoms with Crippen LogP contribution in [0, 0.1) is 18.3 Å². The molecule has 0 atom stereocenters. The topological polar surface area (TPSA) is 134 Å². The summed E-state index contributed by atoms with van der Waals surface area (Å²) < 4.78 is 29.8. The van der Waals surface area contributed by atoms with Gasteiger partial charge in [-0.05, 0) is 144 Å². The first kappa shape index (κ1) is 82.9. The molecule has 0 unspecified atom stereocenters. The second kappa shape index (κ2) is 35.5. The molecule has 0 aliphatic heterocycles. The molecule has 11 aromatic rings. The van der Waals surface area contributed by atoms with Crippen molar-refractivity contribution in [1.29, 1.82) is 5.26 Å². The van der Waals surface area contributed by atoms with Crippen LogP contribution in [0.25, 0.3) is 32.0 Å². The van der Waals surface area contributed by atoms with Gasteiger partial charge in [-0.1, -0.05) is 220 Å². The van der Waals surface area contributed by atoms with E-state index in [1.54, 1.807) is 46.1 Å². The van der Waals surface area contributed by atoms with Gasteiger partial charge in [-0.25, -0.2) is 4.98 Å². The van der Waals surface area contributed by atoms with Crippen molar-refractivity contribution in [2.75, 3.05) is 21.3 Å². The van der Waals surface area contributed by atoms with Crippen LogP contribution < -0.4 is 14.2 Å². The molecule has 12 heteroatoms. The molecule has 0 aliphatic rings. The summed E-state index contributed by atoms with van der Waals surface area (Å²) in [6, 6.07) is 37.3. The Balaban J connectivity index is 0.000000241. The van der Waals surface area contributed by atoms with Crippen molar-refractivity contribution in [3.63, 3.8) is 0 Å². The molecule has 11 rings (SSSR count). The van der Waals surface area contributed by atoms with Gasteiger partial charge in [-0.3, -0.25) is 15.0 Å². The number of thiophene rings is 1. The zero-order valence-corrected chi connectivity index (χ0v) is 66.4. The summed E-state index contributed by atoms with van der Waals surface area (Å²) in [5.41, 5.74) is 15.5. The highest BCUT2D eigenvalue weighted by atomic mass is 32.1. The Hall–Kier alpha value is -8.53. The lowest BCUT2D eigenvalue weighted by molar-refractivity contribution is 0.397. The Morgan fingerprint density at radius 1 is 0.444 bits per heavy atom. The summed E-state index contributed by atoms with van der Waals surface area (Å²) in [6.07, 6.45) is 20.5. The Labute approximate surface area is 599 Å². The molecule has 0 saturated carbocycles. The molecule has 0 N–H and O–H groups in total. The number of pyridine rings is 4. The zero-order chi connectivity index (χ0) is 74.5. The largest absolute Gasteiger partial charge is 0.497 e. The van der Waals surface area contributed by atoms with E-state index in [0.717, 1.165) is 40.2 Å². The lowest BCUT2D eigenvalue weighted by atomic mass is 9.86. The molecule has 11 nitrogen and oxygen atoms in total. The van der Waals surface area contributed by atoms with Crippen LogP contribution in [-0.4, -0.2) is 45.8 Å². The molecule has 0 radical (unpaired) electrons. The average Bonchev–Trinajstić information content (AvgIpc) is 1.68. The van der Waals surface area contributed by atoms with Crippen molar-refractivity contribution in [3.05, 3.63) is 232 Å². The van der Waals surface area contributed by atoms with Crippen molar-refractivity contribution in [3.8, 4) is 23.4 Å². The summed E-state index contributed by atoms with van der Waals surface area (Å²) in [4.78, 5) is 16.3. The predicted molar refractivity (Wildman–Crippen MR) is 420 cm³/mol. The monoisotopic (exact) mass is 1360 g/mol. The van der Waals surface area contributed by atoms with Gasteiger partial charge in [0.25, 0.3) is 0 Å². The third-order valence-corrected chi connectivity index (χ3v) is 17.3. The molecule has 99 heavy (non-hydrogen) atoms. The normalized spacial score (nSPS) is 11.7. The SMILES string of the molecule is CC(C)(C)c1cncc(C#N)c1.CC(C)(C)c1coc2ccncc12.CC(C)(C)c1csc2ccccc12.CCn1ccc(C(C)(C)C)c1.COc1ccc(C(C)(C)C)cn1.COc1ccc2c(C(C)(C)C)coc2c1.COc1cncc(C(C)(C)C)c1.Cc1cccc(C(C)(C)C)c1. The Bertz CT molecular complexity index is 4170. The molecule has 8 heterocycles. The fraction of sp³-hybridized carbons (Fsp3) is 0.437. The van der Waals surface area contributed by atoms with Crippen LogP contribution in [0.3, 0.4) is 0 Å². The van der Waals surface area contributed by atoms with E-state index in [-0.39, 0.29) is 37.9 Å². The van der Waals surface area contributed by atoms with Crippen LogP contribution in [0.15, 0.2) is 186 Å². The summed E-state index contributed by atoms with van der Waals surface area (Å²) in [6.45, 7) is 57.9. The lowest BCUT2D eigenvalue weighted by Gasteiger charge is -2.19. The summed E-state index contributed by atoms with van der Waals surface area (Å²) >= 11 is 1.84. The summed E-state index contributed by atoms with van der Waals surface area (Å²) in [5, 5.41) is 14.6. The first-order chi connectivity index (χ1) is 45.8. The van der Waals surface area contributed by atoms with Gasteiger partial charge in [0, 0.05) is 94.9 Å². The van der Waals surface area contributed by atoms with Gasteiger partial charge in [0.05, 0.1) is 45.6 Å². The lowest BCUT2D eigenvalue weighted by Crippen LogP contribution is -2.11. The van der Waals surface area contributed by atoms with Gasteiger partial charge in [0.2, 0.25) is 5.88 Å². The Morgan fingerprint density at radius 2 is 1.00 bits per heavy atom. The minimum atomic E-state index is 0.0693. The van der Waals surface area contributed by atoms with E-state index < -0.39 is 0 Å². The number of hydrogen-bond acceptors (Lipinski definition) is 11. The molecular weight excluding hydrogens is 1240 g/mol. The van der Waals surface area contributed by atoms with E-state index >= 15 is 0 Å². The minimum Gasteiger partial charge on any atom is -0.497 e. The van der Waals surface area contributed by atoms with Gasteiger partial charge in [0.15, 0.2) is 0 Å². The van der Waals surface area contributed by atoms with E-state index in [0.29, 0.717) is 16.9 Å². The van der Waals surface area contributed by atoms with Gasteiger partial charge in [-0.2, -0.15) is 5.26 Å².